The van der Waals surface area contributed by atoms with E-state index >= 15 is 0 Å². The molecule has 0 spiro atoms. The lowest BCUT2D eigenvalue weighted by molar-refractivity contribution is -0.132. The molecule has 2 heterocycles. The second-order valence-corrected chi connectivity index (χ2v) is 8.07. The minimum absolute atomic E-state index is 0.00748. The smallest absolute Gasteiger partial charge is 0.229 e. The number of carbonyl (C=O) groups excluding carboxylic acids is 2. The summed E-state index contributed by atoms with van der Waals surface area (Å²) in [5.41, 5.74) is 1.54. The van der Waals surface area contributed by atoms with Crippen LogP contribution >= 0.6 is 24.0 Å². The van der Waals surface area contributed by atoms with Gasteiger partial charge in [0, 0.05) is 22.9 Å². The van der Waals surface area contributed by atoms with E-state index in [4.69, 9.17) is 0 Å². The molecular weight excluding hydrogens is 368 g/mol. The molecule has 1 aromatic heterocycles. The van der Waals surface area contributed by atoms with Gasteiger partial charge in [0.1, 0.15) is 5.50 Å². The maximum absolute atomic E-state index is 12.7. The molecule has 136 valence electrons. The molecule has 4 unspecified atom stereocenters. The van der Waals surface area contributed by atoms with Gasteiger partial charge >= 0.3 is 0 Å². The number of nitrogens with zero attached hydrogens (tertiary/aromatic N) is 1. The quantitative estimate of drug-likeness (QED) is 0.609. The molecule has 1 aliphatic carbocycles. The molecule has 3 N–H and O–H groups in total. The van der Waals surface area contributed by atoms with Crippen molar-refractivity contribution in [1.29, 1.82) is 0 Å². The van der Waals surface area contributed by atoms with E-state index in [1.165, 1.54) is 11.3 Å². The average molecular weight is 389 g/mol. The largest absolute Gasteiger partial charge is 0.332 e. The molecule has 2 aromatic rings. The SMILES string of the molecule is O=C(Nc1nc(-c2ccccc2)cs1)C1CCC2C(=O)NC(S)NC2C1. The third kappa shape index (κ3) is 3.62. The van der Waals surface area contributed by atoms with Gasteiger partial charge in [-0.05, 0) is 19.3 Å². The van der Waals surface area contributed by atoms with Crippen molar-refractivity contribution in [2.24, 2.45) is 11.8 Å². The summed E-state index contributed by atoms with van der Waals surface area (Å²) >= 11 is 5.71. The predicted molar refractivity (Wildman–Crippen MR) is 105 cm³/mol. The summed E-state index contributed by atoms with van der Waals surface area (Å²) in [6.45, 7) is 0. The zero-order valence-corrected chi connectivity index (χ0v) is 15.7. The van der Waals surface area contributed by atoms with E-state index in [0.717, 1.165) is 11.3 Å². The summed E-state index contributed by atoms with van der Waals surface area (Å²) in [7, 11) is 0. The van der Waals surface area contributed by atoms with Crippen LogP contribution in [0, 0.1) is 11.8 Å². The number of thiol groups is 1. The van der Waals surface area contributed by atoms with Gasteiger partial charge < -0.3 is 10.6 Å². The van der Waals surface area contributed by atoms with Gasteiger partial charge in [0.2, 0.25) is 11.8 Å². The maximum Gasteiger partial charge on any atom is 0.229 e. The monoisotopic (exact) mass is 388 g/mol. The van der Waals surface area contributed by atoms with Crippen molar-refractivity contribution in [3.8, 4) is 11.3 Å². The van der Waals surface area contributed by atoms with E-state index in [0.29, 0.717) is 24.4 Å². The van der Waals surface area contributed by atoms with Crippen LogP contribution in [0.15, 0.2) is 35.7 Å². The van der Waals surface area contributed by atoms with E-state index in [1.807, 2.05) is 35.7 Å². The van der Waals surface area contributed by atoms with Gasteiger partial charge in [-0.15, -0.1) is 24.0 Å². The molecule has 2 fully saturated rings. The Kier molecular flexibility index (Phi) is 4.97. The maximum atomic E-state index is 12.7. The Morgan fingerprint density at radius 2 is 2.08 bits per heavy atom. The average Bonchev–Trinajstić information content (AvgIpc) is 3.10. The number of thiazole rings is 1. The fraction of sp³-hybridized carbons (Fsp3) is 0.389. The van der Waals surface area contributed by atoms with Crippen LogP contribution in [0.1, 0.15) is 19.3 Å². The number of benzene rings is 1. The molecule has 0 bridgehead atoms. The highest BCUT2D eigenvalue weighted by molar-refractivity contribution is 7.80. The Morgan fingerprint density at radius 3 is 2.88 bits per heavy atom. The van der Waals surface area contributed by atoms with Crippen LogP contribution < -0.4 is 16.0 Å². The van der Waals surface area contributed by atoms with Crippen molar-refractivity contribution in [3.05, 3.63) is 35.7 Å². The third-order valence-electron chi connectivity index (χ3n) is 5.01. The van der Waals surface area contributed by atoms with E-state index in [2.05, 4.69) is 33.6 Å². The molecule has 1 saturated heterocycles. The van der Waals surface area contributed by atoms with Crippen molar-refractivity contribution in [2.45, 2.75) is 30.8 Å². The topological polar surface area (TPSA) is 83.1 Å². The van der Waals surface area contributed by atoms with Gasteiger partial charge in [0.05, 0.1) is 11.6 Å². The lowest BCUT2D eigenvalue weighted by Gasteiger charge is -2.40. The number of nitrogens with one attached hydrogen (secondary N) is 3. The zero-order valence-electron chi connectivity index (χ0n) is 14.0. The van der Waals surface area contributed by atoms with Crippen LogP contribution in [0.5, 0.6) is 0 Å². The number of anilines is 1. The first-order valence-corrected chi connectivity index (χ1v) is 10.1. The molecule has 4 atom stereocenters. The molecule has 26 heavy (non-hydrogen) atoms. The molecule has 1 saturated carbocycles. The fourth-order valence-corrected chi connectivity index (χ4v) is 4.71. The van der Waals surface area contributed by atoms with Crippen molar-refractivity contribution < 1.29 is 9.59 Å². The first-order valence-electron chi connectivity index (χ1n) is 8.66. The van der Waals surface area contributed by atoms with Crippen LogP contribution in [0.3, 0.4) is 0 Å². The van der Waals surface area contributed by atoms with Crippen LogP contribution in [-0.2, 0) is 9.59 Å². The van der Waals surface area contributed by atoms with Crippen molar-refractivity contribution >= 4 is 40.9 Å². The molecule has 1 aliphatic heterocycles. The van der Waals surface area contributed by atoms with Crippen LogP contribution in [0.25, 0.3) is 11.3 Å². The van der Waals surface area contributed by atoms with Gasteiger partial charge in [-0.2, -0.15) is 0 Å². The minimum atomic E-state index is -0.349. The zero-order chi connectivity index (χ0) is 18.1. The van der Waals surface area contributed by atoms with Crippen LogP contribution in [0.2, 0.25) is 0 Å². The van der Waals surface area contributed by atoms with Crippen molar-refractivity contribution in [2.75, 3.05) is 5.32 Å². The summed E-state index contributed by atoms with van der Waals surface area (Å²) in [6, 6.07) is 9.88. The van der Waals surface area contributed by atoms with E-state index in [9.17, 15) is 9.59 Å². The second kappa shape index (κ2) is 7.38. The van der Waals surface area contributed by atoms with Gasteiger partial charge in [0.15, 0.2) is 5.13 Å². The Balaban J connectivity index is 1.40. The van der Waals surface area contributed by atoms with E-state index in [1.54, 1.807) is 0 Å². The Hall–Kier alpha value is -1.90. The molecular formula is C18H20N4O2S2. The molecule has 8 heteroatoms. The van der Waals surface area contributed by atoms with Crippen molar-refractivity contribution in [3.63, 3.8) is 0 Å². The molecule has 0 radical (unpaired) electrons. The van der Waals surface area contributed by atoms with Crippen LogP contribution in [0.4, 0.5) is 5.13 Å². The number of rotatable bonds is 3. The number of aromatic nitrogens is 1. The van der Waals surface area contributed by atoms with Gasteiger partial charge in [-0.1, -0.05) is 30.3 Å². The third-order valence-corrected chi connectivity index (χ3v) is 6.05. The summed E-state index contributed by atoms with van der Waals surface area (Å²) in [5.74, 6) is -0.202. The van der Waals surface area contributed by atoms with Crippen LogP contribution in [-0.4, -0.2) is 28.3 Å². The number of amides is 2. The van der Waals surface area contributed by atoms with Crippen molar-refractivity contribution in [1.82, 2.24) is 15.6 Å². The summed E-state index contributed by atoms with van der Waals surface area (Å²) < 4.78 is 0. The molecule has 1 aromatic carbocycles. The number of fused-ring (bicyclic) bond motifs is 1. The van der Waals surface area contributed by atoms with E-state index < -0.39 is 0 Å². The summed E-state index contributed by atoms with van der Waals surface area (Å²) in [4.78, 5) is 29.2. The first-order chi connectivity index (χ1) is 12.6. The van der Waals surface area contributed by atoms with Gasteiger partial charge in [-0.3, -0.25) is 14.9 Å². The van der Waals surface area contributed by atoms with E-state index in [-0.39, 0.29) is 35.2 Å². The highest BCUT2D eigenvalue weighted by Crippen LogP contribution is 2.33. The molecule has 2 aliphatic rings. The highest BCUT2D eigenvalue weighted by Gasteiger charge is 2.41. The van der Waals surface area contributed by atoms with Gasteiger partial charge in [-0.25, -0.2) is 4.98 Å². The highest BCUT2D eigenvalue weighted by atomic mass is 32.1. The minimum Gasteiger partial charge on any atom is -0.332 e. The Morgan fingerprint density at radius 1 is 1.27 bits per heavy atom. The normalized spacial score (nSPS) is 28.1. The Bertz CT molecular complexity index is 811. The first kappa shape index (κ1) is 17.5. The summed E-state index contributed by atoms with van der Waals surface area (Å²) in [5, 5.41) is 11.5. The number of carbonyl (C=O) groups is 2. The molecule has 2 amide bonds. The van der Waals surface area contributed by atoms with Gasteiger partial charge in [0.25, 0.3) is 0 Å². The Labute approximate surface area is 161 Å². The fourth-order valence-electron chi connectivity index (χ4n) is 3.67. The molecule has 6 nitrogen and oxygen atoms in total. The molecule has 4 rings (SSSR count). The second-order valence-electron chi connectivity index (χ2n) is 6.69. The predicted octanol–water partition coefficient (Wildman–Crippen LogP) is 2.47. The number of hydrogen-bond acceptors (Lipinski definition) is 6. The number of hydrogen-bond donors (Lipinski definition) is 4. The summed E-state index contributed by atoms with van der Waals surface area (Å²) in [6.07, 6.45) is 2.05. The standard InChI is InChI=1S/C18H20N4O2S2/c23-15(11-6-7-12-13(8-11)19-17(25)21-16(12)24)22-18-20-14(9-26-18)10-4-2-1-3-5-10/h1-5,9,11-13,17,19,25H,6-8H2,(H,21,24)(H,20,22,23). The lowest BCUT2D eigenvalue weighted by atomic mass is 9.76. The lowest BCUT2D eigenvalue weighted by Crippen LogP contribution is -2.61.